The number of nitrogens with zero attached hydrogens (tertiary/aromatic N) is 2. The number of carbonyl (C=O) groups is 2. The first-order valence-electron chi connectivity index (χ1n) is 9.68. The van der Waals surface area contributed by atoms with Crippen molar-refractivity contribution in [3.8, 4) is 5.75 Å². The molecule has 1 N–H and O–H groups in total. The van der Waals surface area contributed by atoms with E-state index in [-0.39, 0.29) is 17.7 Å². The molecule has 2 aromatic rings. The Morgan fingerprint density at radius 3 is 2.59 bits per heavy atom. The molecule has 0 atom stereocenters. The van der Waals surface area contributed by atoms with Gasteiger partial charge in [0.15, 0.2) is 0 Å². The topological polar surface area (TPSA) is 71.0 Å². The molecule has 2 aromatic carbocycles. The minimum atomic E-state index is -0.176. The lowest BCUT2D eigenvalue weighted by molar-refractivity contribution is -0.126. The maximum Gasteiger partial charge on any atom is 0.255 e. The molecule has 1 heterocycles. The quantitative estimate of drug-likeness (QED) is 0.579. The van der Waals surface area contributed by atoms with Crippen LogP contribution < -0.4 is 10.2 Å². The highest BCUT2D eigenvalue weighted by Gasteiger charge is 2.28. The number of nitrogens with one attached hydrogen (secondary N) is 1. The Morgan fingerprint density at radius 2 is 1.86 bits per heavy atom. The predicted molar refractivity (Wildman–Crippen MR) is 113 cm³/mol. The van der Waals surface area contributed by atoms with E-state index >= 15 is 0 Å². The zero-order chi connectivity index (χ0) is 20.6. The highest BCUT2D eigenvalue weighted by molar-refractivity contribution is 6.33. The number of halogens is 1. The molecule has 0 unspecified atom stereocenters. The summed E-state index contributed by atoms with van der Waals surface area (Å²) in [4.78, 5) is 26.8. The van der Waals surface area contributed by atoms with Gasteiger partial charge in [0.2, 0.25) is 5.91 Å². The third-order valence-corrected chi connectivity index (χ3v) is 5.18. The smallest absolute Gasteiger partial charge is 0.255 e. The molecule has 0 aliphatic carbocycles. The van der Waals surface area contributed by atoms with E-state index in [0.717, 1.165) is 11.3 Å². The number of para-hydroxylation sites is 1. The van der Waals surface area contributed by atoms with Crippen molar-refractivity contribution in [1.29, 1.82) is 0 Å². The van der Waals surface area contributed by atoms with Gasteiger partial charge in [-0.05, 0) is 44.0 Å². The van der Waals surface area contributed by atoms with E-state index in [4.69, 9.17) is 16.3 Å². The van der Waals surface area contributed by atoms with Gasteiger partial charge in [0.25, 0.3) is 5.91 Å². The van der Waals surface area contributed by atoms with Crippen molar-refractivity contribution < 1.29 is 14.3 Å². The fraction of sp³-hybridized carbons (Fsp3) is 0.318. The summed E-state index contributed by atoms with van der Waals surface area (Å²) in [6.45, 7) is 3.50. The summed E-state index contributed by atoms with van der Waals surface area (Å²) in [5.41, 5.74) is 3.90. The molecule has 2 amide bonds. The van der Waals surface area contributed by atoms with Crippen molar-refractivity contribution >= 4 is 29.6 Å². The first-order valence-corrected chi connectivity index (χ1v) is 10.1. The van der Waals surface area contributed by atoms with Crippen molar-refractivity contribution in [3.63, 3.8) is 0 Å². The third-order valence-electron chi connectivity index (χ3n) is 4.85. The number of hydrazone groups is 1. The Bertz CT molecular complexity index is 892. The molecule has 0 aromatic heterocycles. The highest BCUT2D eigenvalue weighted by atomic mass is 35.5. The largest absolute Gasteiger partial charge is 0.493 e. The number of hydrogen-bond acceptors (Lipinski definition) is 4. The van der Waals surface area contributed by atoms with Gasteiger partial charge >= 0.3 is 0 Å². The van der Waals surface area contributed by atoms with E-state index in [1.807, 2.05) is 31.2 Å². The fourth-order valence-corrected chi connectivity index (χ4v) is 3.50. The van der Waals surface area contributed by atoms with Gasteiger partial charge in [-0.25, -0.2) is 5.43 Å². The molecule has 0 spiro atoms. The molecule has 6 nitrogen and oxygen atoms in total. The molecule has 1 fully saturated rings. The molecule has 0 saturated carbocycles. The van der Waals surface area contributed by atoms with Crippen LogP contribution in [0.3, 0.4) is 0 Å². The number of rotatable bonds is 6. The van der Waals surface area contributed by atoms with Crippen molar-refractivity contribution in [3.05, 3.63) is 64.7 Å². The minimum absolute atomic E-state index is 0.0972. The van der Waals surface area contributed by atoms with Crippen molar-refractivity contribution in [2.24, 2.45) is 11.0 Å². The van der Waals surface area contributed by atoms with Crippen LogP contribution in [0.15, 0.2) is 53.6 Å². The van der Waals surface area contributed by atoms with Crippen LogP contribution >= 0.6 is 11.6 Å². The van der Waals surface area contributed by atoms with Crippen molar-refractivity contribution in [1.82, 2.24) is 10.3 Å². The number of amides is 2. The standard InChI is InChI=1S/C22H24ClN3O3/c1-2-29-20-10-6-3-7-17(20)15-24-25-21(27)16-11-13-26(14-12-16)22(28)18-8-4-5-9-19(18)23/h3-10,15-16H,2,11-14H2,1H3,(H,25,27)/b24-15-. The van der Waals surface area contributed by atoms with Crippen molar-refractivity contribution in [2.75, 3.05) is 19.7 Å². The number of carbonyl (C=O) groups excluding carboxylic acids is 2. The summed E-state index contributed by atoms with van der Waals surface area (Å²) in [5.74, 6) is 0.309. The van der Waals surface area contributed by atoms with Crippen LogP contribution in [0.4, 0.5) is 0 Å². The Hall–Kier alpha value is -2.86. The zero-order valence-corrected chi connectivity index (χ0v) is 17.1. The van der Waals surface area contributed by atoms with Crippen LogP contribution in [0.5, 0.6) is 5.75 Å². The second kappa shape index (κ2) is 10.1. The molecule has 152 valence electrons. The van der Waals surface area contributed by atoms with Gasteiger partial charge in [-0.1, -0.05) is 35.9 Å². The van der Waals surface area contributed by atoms with Gasteiger partial charge < -0.3 is 9.64 Å². The fourth-order valence-electron chi connectivity index (χ4n) is 3.28. The maximum atomic E-state index is 12.6. The molecule has 7 heteroatoms. The van der Waals surface area contributed by atoms with Crippen molar-refractivity contribution in [2.45, 2.75) is 19.8 Å². The van der Waals surface area contributed by atoms with Gasteiger partial charge in [0, 0.05) is 24.6 Å². The van der Waals surface area contributed by atoms with Crippen LogP contribution in [0.1, 0.15) is 35.7 Å². The highest BCUT2D eigenvalue weighted by Crippen LogP contribution is 2.22. The van der Waals surface area contributed by atoms with Gasteiger partial charge in [-0.3, -0.25) is 9.59 Å². The van der Waals surface area contributed by atoms with Crippen LogP contribution in [0.2, 0.25) is 5.02 Å². The Morgan fingerprint density at radius 1 is 1.17 bits per heavy atom. The van der Waals surface area contributed by atoms with E-state index in [0.29, 0.717) is 43.1 Å². The molecular weight excluding hydrogens is 390 g/mol. The average Bonchev–Trinajstić information content (AvgIpc) is 2.75. The monoisotopic (exact) mass is 413 g/mol. The summed E-state index contributed by atoms with van der Waals surface area (Å²) in [7, 11) is 0. The zero-order valence-electron chi connectivity index (χ0n) is 16.3. The lowest BCUT2D eigenvalue weighted by Gasteiger charge is -2.31. The Labute approximate surface area is 175 Å². The first-order chi connectivity index (χ1) is 14.1. The Kier molecular flexibility index (Phi) is 7.25. The molecule has 1 aliphatic heterocycles. The summed E-state index contributed by atoms with van der Waals surface area (Å²) in [6.07, 6.45) is 2.76. The number of ether oxygens (including phenoxy) is 1. The van der Waals surface area contributed by atoms with E-state index < -0.39 is 0 Å². The van der Waals surface area contributed by atoms with Gasteiger partial charge in [-0.2, -0.15) is 5.10 Å². The van der Waals surface area contributed by atoms with E-state index in [1.54, 1.807) is 35.4 Å². The minimum Gasteiger partial charge on any atom is -0.493 e. The van der Waals surface area contributed by atoms with E-state index in [1.165, 1.54) is 0 Å². The number of likely N-dealkylation sites (tertiary alicyclic amines) is 1. The second-order valence-electron chi connectivity index (χ2n) is 6.75. The third kappa shape index (κ3) is 5.35. The lowest BCUT2D eigenvalue weighted by atomic mass is 9.95. The number of hydrogen-bond donors (Lipinski definition) is 1. The summed E-state index contributed by atoms with van der Waals surface area (Å²) < 4.78 is 5.54. The number of piperidine rings is 1. The summed E-state index contributed by atoms with van der Waals surface area (Å²) in [5, 5.41) is 4.51. The average molecular weight is 414 g/mol. The summed E-state index contributed by atoms with van der Waals surface area (Å²) in [6, 6.07) is 14.5. The van der Waals surface area contributed by atoms with Crippen LogP contribution in [-0.4, -0.2) is 42.6 Å². The molecule has 0 radical (unpaired) electrons. The summed E-state index contributed by atoms with van der Waals surface area (Å²) >= 11 is 6.12. The van der Waals surface area contributed by atoms with Crippen LogP contribution in [0.25, 0.3) is 0 Å². The SMILES string of the molecule is CCOc1ccccc1/C=N\NC(=O)C1CCN(C(=O)c2ccccc2Cl)CC1. The molecule has 1 aliphatic rings. The molecule has 3 rings (SSSR count). The second-order valence-corrected chi connectivity index (χ2v) is 7.16. The molecule has 29 heavy (non-hydrogen) atoms. The van der Waals surface area contributed by atoms with Crippen LogP contribution in [-0.2, 0) is 4.79 Å². The number of benzene rings is 2. The normalized spacial score (nSPS) is 14.8. The van der Waals surface area contributed by atoms with E-state index in [9.17, 15) is 9.59 Å². The molecule has 1 saturated heterocycles. The van der Waals surface area contributed by atoms with Gasteiger partial charge in [0.1, 0.15) is 5.75 Å². The predicted octanol–water partition coefficient (Wildman–Crippen LogP) is 3.74. The van der Waals surface area contributed by atoms with Crippen LogP contribution in [0, 0.1) is 5.92 Å². The maximum absolute atomic E-state index is 12.6. The Balaban J connectivity index is 1.52. The molecular formula is C22H24ClN3O3. The first kappa shape index (κ1) is 20.9. The van der Waals surface area contributed by atoms with Gasteiger partial charge in [0.05, 0.1) is 23.4 Å². The molecule has 0 bridgehead atoms. The lowest BCUT2D eigenvalue weighted by Crippen LogP contribution is -2.42. The van der Waals surface area contributed by atoms with E-state index in [2.05, 4.69) is 10.5 Å². The van der Waals surface area contributed by atoms with Gasteiger partial charge in [-0.15, -0.1) is 0 Å².